The fourth-order valence-corrected chi connectivity index (χ4v) is 1.91. The number of primary amides is 1. The van der Waals surface area contributed by atoms with Crippen LogP contribution in [0.4, 0.5) is 0 Å². The molecule has 25 heavy (non-hydrogen) atoms. The standard InChI is InChI=1S/C21H31N3O/c1-2-3-4-5-6-7-8-9-10-11-12-13-14-15-16-17-18-20(19-24-23)21(22)25/h3-4,6-7,9-10,12-13,15-16H,2,5,8,11,14,17-18,23H2,1H3,(H2,22,25)/b4-3-,7-6-,10-9-,13-12-,16-15-. The topological polar surface area (TPSA) is 81.5 Å². The summed E-state index contributed by atoms with van der Waals surface area (Å²) in [5.41, 5.74) is 5.51. The highest BCUT2D eigenvalue weighted by Gasteiger charge is 2.02. The number of nitrogens with zero attached hydrogens (tertiary/aromatic N) is 1. The molecule has 0 unspecified atom stereocenters. The van der Waals surface area contributed by atoms with Crippen molar-refractivity contribution in [2.24, 2.45) is 16.7 Å². The fourth-order valence-electron chi connectivity index (χ4n) is 1.91. The molecule has 0 saturated heterocycles. The van der Waals surface area contributed by atoms with Crippen molar-refractivity contribution in [3.63, 3.8) is 0 Å². The van der Waals surface area contributed by atoms with Crippen LogP contribution >= 0.6 is 0 Å². The third kappa shape index (κ3) is 16.1. The Kier molecular flexibility index (Phi) is 15.9. The summed E-state index contributed by atoms with van der Waals surface area (Å²) in [6.07, 6.45) is 27.6. The molecular formula is C21H31N3O. The van der Waals surface area contributed by atoms with Gasteiger partial charge in [-0.3, -0.25) is 4.79 Å². The van der Waals surface area contributed by atoms with Gasteiger partial charge in [0, 0.05) is 5.87 Å². The summed E-state index contributed by atoms with van der Waals surface area (Å²) in [4.78, 5) is 11.0. The van der Waals surface area contributed by atoms with E-state index in [2.05, 4.69) is 72.6 Å². The number of carbonyl (C=O) groups excluding carboxylic acids is 1. The number of nitrogens with two attached hydrogens (primary N) is 2. The number of amides is 1. The minimum atomic E-state index is -0.526. The van der Waals surface area contributed by atoms with Crippen molar-refractivity contribution in [1.29, 1.82) is 0 Å². The van der Waals surface area contributed by atoms with Crippen LogP contribution in [0.5, 0.6) is 0 Å². The summed E-state index contributed by atoms with van der Waals surface area (Å²) < 4.78 is 0. The van der Waals surface area contributed by atoms with Crippen molar-refractivity contribution in [2.45, 2.75) is 51.9 Å². The number of allylic oxidation sites excluding steroid dienone is 10. The highest BCUT2D eigenvalue weighted by Crippen LogP contribution is 2.02. The van der Waals surface area contributed by atoms with Gasteiger partial charge < -0.3 is 11.6 Å². The lowest BCUT2D eigenvalue weighted by Gasteiger charge is -1.94. The van der Waals surface area contributed by atoms with Crippen LogP contribution in [0, 0.1) is 0 Å². The molecule has 0 spiro atoms. The zero-order chi connectivity index (χ0) is 18.6. The van der Waals surface area contributed by atoms with E-state index in [1.807, 2.05) is 6.08 Å². The molecule has 0 saturated carbocycles. The van der Waals surface area contributed by atoms with E-state index in [1.54, 1.807) is 0 Å². The van der Waals surface area contributed by atoms with Crippen LogP contribution in [0.2, 0.25) is 0 Å². The highest BCUT2D eigenvalue weighted by molar-refractivity contribution is 6.00. The van der Waals surface area contributed by atoms with Gasteiger partial charge in [-0.15, -0.1) is 5.10 Å². The van der Waals surface area contributed by atoms with E-state index in [9.17, 15) is 4.79 Å². The summed E-state index contributed by atoms with van der Waals surface area (Å²) in [6.45, 7) is 2.14. The maximum Gasteiger partial charge on any atom is 0.254 e. The summed E-state index contributed by atoms with van der Waals surface area (Å²) in [5.74, 6) is 6.86. The van der Waals surface area contributed by atoms with Crippen molar-refractivity contribution < 1.29 is 4.79 Å². The number of hydrogen-bond donors (Lipinski definition) is 2. The van der Waals surface area contributed by atoms with Crippen LogP contribution < -0.4 is 11.6 Å². The Morgan fingerprint density at radius 1 is 0.840 bits per heavy atom. The van der Waals surface area contributed by atoms with Crippen molar-refractivity contribution in [2.75, 3.05) is 0 Å². The van der Waals surface area contributed by atoms with Crippen LogP contribution in [0.1, 0.15) is 51.9 Å². The first kappa shape index (κ1) is 22.4. The third-order valence-corrected chi connectivity index (χ3v) is 3.22. The largest absolute Gasteiger partial charge is 0.365 e. The van der Waals surface area contributed by atoms with E-state index < -0.39 is 5.91 Å². The third-order valence-electron chi connectivity index (χ3n) is 3.22. The molecule has 0 atom stereocenters. The van der Waals surface area contributed by atoms with Crippen LogP contribution in [-0.4, -0.2) is 11.8 Å². The number of rotatable bonds is 13. The van der Waals surface area contributed by atoms with Gasteiger partial charge in [0.15, 0.2) is 0 Å². The Balaban J connectivity index is 3.75. The fraction of sp³-hybridized carbons (Fsp3) is 0.381. The number of hydrazone groups is 1. The van der Waals surface area contributed by atoms with Crippen molar-refractivity contribution in [3.8, 4) is 0 Å². The van der Waals surface area contributed by atoms with Gasteiger partial charge in [0.2, 0.25) is 0 Å². The molecule has 0 rings (SSSR count). The zero-order valence-corrected chi connectivity index (χ0v) is 15.2. The molecule has 0 aliphatic carbocycles. The van der Waals surface area contributed by atoms with E-state index >= 15 is 0 Å². The molecule has 0 aromatic heterocycles. The summed E-state index contributed by atoms with van der Waals surface area (Å²) in [6, 6.07) is 0. The summed E-state index contributed by atoms with van der Waals surface area (Å²) in [5, 5.41) is 3.21. The van der Waals surface area contributed by atoms with Crippen LogP contribution in [-0.2, 0) is 4.79 Å². The average Bonchev–Trinajstić information content (AvgIpc) is 2.60. The Morgan fingerprint density at radius 2 is 1.28 bits per heavy atom. The molecule has 0 aromatic rings. The molecule has 0 fully saturated rings. The molecule has 4 heteroatoms. The SMILES string of the molecule is CC/C=C\C/C=C\C/C=C\C/C=C\C/C=C\CCC(=C=NN)C(N)=O. The van der Waals surface area contributed by atoms with Crippen LogP contribution in [0.25, 0.3) is 0 Å². The van der Waals surface area contributed by atoms with E-state index in [0.717, 1.165) is 32.1 Å². The van der Waals surface area contributed by atoms with E-state index in [1.165, 1.54) is 0 Å². The lowest BCUT2D eigenvalue weighted by molar-refractivity contribution is -0.114. The molecule has 4 N–H and O–H groups in total. The lowest BCUT2D eigenvalue weighted by Crippen LogP contribution is -2.14. The highest BCUT2D eigenvalue weighted by atomic mass is 16.1. The lowest BCUT2D eigenvalue weighted by atomic mass is 10.1. The first-order valence-electron chi connectivity index (χ1n) is 8.78. The molecule has 0 aliphatic heterocycles. The molecule has 0 aliphatic rings. The van der Waals surface area contributed by atoms with Gasteiger partial charge in [0.1, 0.15) is 0 Å². The van der Waals surface area contributed by atoms with Crippen molar-refractivity contribution in [1.82, 2.24) is 0 Å². The monoisotopic (exact) mass is 341 g/mol. The minimum absolute atomic E-state index is 0.322. The molecule has 136 valence electrons. The van der Waals surface area contributed by atoms with Crippen molar-refractivity contribution in [3.05, 3.63) is 66.3 Å². The predicted molar refractivity (Wildman–Crippen MR) is 108 cm³/mol. The Morgan fingerprint density at radius 3 is 1.68 bits per heavy atom. The first-order chi connectivity index (χ1) is 12.2. The van der Waals surface area contributed by atoms with Crippen molar-refractivity contribution >= 4 is 11.8 Å². The second-order valence-corrected chi connectivity index (χ2v) is 5.33. The zero-order valence-electron chi connectivity index (χ0n) is 15.2. The van der Waals surface area contributed by atoms with Gasteiger partial charge in [0.05, 0.1) is 5.57 Å². The molecule has 4 nitrogen and oxygen atoms in total. The molecule has 0 bridgehead atoms. The Bertz CT molecular complexity index is 560. The van der Waals surface area contributed by atoms with Crippen LogP contribution in [0.15, 0.2) is 71.4 Å². The maximum absolute atomic E-state index is 11.0. The predicted octanol–water partition coefficient (Wildman–Crippen LogP) is 4.47. The van der Waals surface area contributed by atoms with E-state index in [0.29, 0.717) is 18.4 Å². The maximum atomic E-state index is 11.0. The Hall–Kier alpha value is -2.58. The molecule has 0 aromatic carbocycles. The van der Waals surface area contributed by atoms with Gasteiger partial charge in [-0.05, 0) is 44.9 Å². The molecule has 0 radical (unpaired) electrons. The number of hydrogen-bond acceptors (Lipinski definition) is 3. The van der Waals surface area contributed by atoms with E-state index in [-0.39, 0.29) is 0 Å². The molecule has 1 amide bonds. The normalized spacial score (nSPS) is 12.0. The number of carbonyl (C=O) groups is 1. The summed E-state index contributed by atoms with van der Waals surface area (Å²) >= 11 is 0. The Labute approximate surface area is 152 Å². The van der Waals surface area contributed by atoms with E-state index in [4.69, 9.17) is 11.6 Å². The second kappa shape index (κ2) is 17.8. The van der Waals surface area contributed by atoms with Gasteiger partial charge in [-0.1, -0.05) is 67.7 Å². The second-order valence-electron chi connectivity index (χ2n) is 5.33. The smallest absolute Gasteiger partial charge is 0.254 e. The quantitative estimate of drug-likeness (QED) is 0.170. The van der Waals surface area contributed by atoms with Gasteiger partial charge in [0.25, 0.3) is 5.91 Å². The summed E-state index contributed by atoms with van der Waals surface area (Å²) in [7, 11) is 0. The van der Waals surface area contributed by atoms with Gasteiger partial charge >= 0.3 is 0 Å². The van der Waals surface area contributed by atoms with Gasteiger partial charge in [-0.2, -0.15) is 0 Å². The first-order valence-corrected chi connectivity index (χ1v) is 8.78. The molecule has 0 heterocycles. The average molecular weight is 341 g/mol. The molecular weight excluding hydrogens is 310 g/mol. The minimum Gasteiger partial charge on any atom is -0.365 e. The van der Waals surface area contributed by atoms with Gasteiger partial charge in [-0.25, -0.2) is 0 Å². The van der Waals surface area contributed by atoms with Crippen LogP contribution in [0.3, 0.4) is 0 Å².